The predicted octanol–water partition coefficient (Wildman–Crippen LogP) is 9.65. The number of rotatable bonds is 4. The zero-order valence-corrected chi connectivity index (χ0v) is 20.1. The molecule has 0 fully saturated rings. The lowest BCUT2D eigenvalue weighted by atomic mass is 9.83. The quantitative estimate of drug-likeness (QED) is 0.262. The van der Waals surface area contributed by atoms with Gasteiger partial charge in [0.15, 0.2) is 0 Å². The predicted molar refractivity (Wildman–Crippen MR) is 147 cm³/mol. The van der Waals surface area contributed by atoms with Crippen molar-refractivity contribution in [1.29, 1.82) is 0 Å². The number of benzene rings is 5. The van der Waals surface area contributed by atoms with E-state index in [1.807, 2.05) is 0 Å². The summed E-state index contributed by atoms with van der Waals surface area (Å²) in [6.45, 7) is 6.85. The van der Waals surface area contributed by atoms with Gasteiger partial charge in [-0.1, -0.05) is 130 Å². The SMILES string of the molecule is CC(C)(C)c1cc(-c2ccccc2)cc(-c2cccc(-c3cccc(-c4ccccc4)c3)c2)c1. The lowest BCUT2D eigenvalue weighted by Gasteiger charge is -2.22. The summed E-state index contributed by atoms with van der Waals surface area (Å²) in [5.74, 6) is 0. The molecule has 0 radical (unpaired) electrons. The van der Waals surface area contributed by atoms with Gasteiger partial charge in [0.05, 0.1) is 0 Å². The second-order valence-electron chi connectivity index (χ2n) is 9.94. The molecule has 0 aliphatic heterocycles. The molecule has 0 bridgehead atoms. The van der Waals surface area contributed by atoms with Crippen LogP contribution in [0.5, 0.6) is 0 Å². The third-order valence-corrected chi connectivity index (χ3v) is 6.41. The minimum absolute atomic E-state index is 0.0706. The van der Waals surface area contributed by atoms with E-state index in [1.54, 1.807) is 0 Å². The van der Waals surface area contributed by atoms with Gasteiger partial charge in [-0.05, 0) is 73.7 Å². The molecule has 166 valence electrons. The van der Waals surface area contributed by atoms with E-state index in [1.165, 1.54) is 50.1 Å². The summed E-state index contributed by atoms with van der Waals surface area (Å²) in [4.78, 5) is 0. The average molecular weight is 439 g/mol. The molecule has 0 N–H and O–H groups in total. The summed E-state index contributed by atoms with van der Waals surface area (Å²) >= 11 is 0. The number of hydrogen-bond acceptors (Lipinski definition) is 0. The van der Waals surface area contributed by atoms with E-state index in [0.29, 0.717) is 0 Å². The molecule has 0 aliphatic carbocycles. The molecule has 0 nitrogen and oxygen atoms in total. The molecule has 0 heterocycles. The molecule has 0 amide bonds. The molecule has 0 heteroatoms. The Hall–Kier alpha value is -3.90. The van der Waals surface area contributed by atoms with Gasteiger partial charge in [-0.2, -0.15) is 0 Å². The fourth-order valence-corrected chi connectivity index (χ4v) is 4.41. The minimum atomic E-state index is 0.0706. The Bertz CT molecular complexity index is 1400. The summed E-state index contributed by atoms with van der Waals surface area (Å²) in [5, 5.41) is 0. The van der Waals surface area contributed by atoms with Crippen molar-refractivity contribution >= 4 is 0 Å². The van der Waals surface area contributed by atoms with E-state index in [-0.39, 0.29) is 5.41 Å². The lowest BCUT2D eigenvalue weighted by Crippen LogP contribution is -2.11. The molecule has 0 saturated heterocycles. The molecule has 5 rings (SSSR count). The van der Waals surface area contributed by atoms with Gasteiger partial charge in [0.2, 0.25) is 0 Å². The van der Waals surface area contributed by atoms with Gasteiger partial charge in [-0.15, -0.1) is 0 Å². The van der Waals surface area contributed by atoms with Gasteiger partial charge in [-0.25, -0.2) is 0 Å². The number of hydrogen-bond donors (Lipinski definition) is 0. The molecule has 5 aromatic carbocycles. The molecule has 0 atom stereocenters. The van der Waals surface area contributed by atoms with Crippen LogP contribution in [0.3, 0.4) is 0 Å². The lowest BCUT2D eigenvalue weighted by molar-refractivity contribution is 0.590. The van der Waals surface area contributed by atoms with Gasteiger partial charge in [-0.3, -0.25) is 0 Å². The zero-order valence-electron chi connectivity index (χ0n) is 20.1. The Morgan fingerprint density at radius 1 is 0.324 bits per heavy atom. The van der Waals surface area contributed by atoms with Crippen LogP contribution in [-0.2, 0) is 5.41 Å². The smallest absolute Gasteiger partial charge is 0.0131 e. The van der Waals surface area contributed by atoms with Gasteiger partial charge >= 0.3 is 0 Å². The highest BCUT2D eigenvalue weighted by atomic mass is 14.2. The Morgan fingerprint density at radius 2 is 0.647 bits per heavy atom. The molecule has 5 aromatic rings. The molecule has 34 heavy (non-hydrogen) atoms. The van der Waals surface area contributed by atoms with Gasteiger partial charge in [0.25, 0.3) is 0 Å². The fourth-order valence-electron chi connectivity index (χ4n) is 4.41. The van der Waals surface area contributed by atoms with Crippen molar-refractivity contribution < 1.29 is 0 Å². The first-order valence-corrected chi connectivity index (χ1v) is 11.9. The van der Waals surface area contributed by atoms with E-state index < -0.39 is 0 Å². The molecule has 0 unspecified atom stereocenters. The van der Waals surface area contributed by atoms with Gasteiger partial charge < -0.3 is 0 Å². The minimum Gasteiger partial charge on any atom is -0.0622 e. The third kappa shape index (κ3) is 4.72. The highest BCUT2D eigenvalue weighted by Gasteiger charge is 2.16. The Morgan fingerprint density at radius 3 is 1.12 bits per heavy atom. The van der Waals surface area contributed by atoms with Crippen LogP contribution in [-0.4, -0.2) is 0 Å². The molecule has 0 aromatic heterocycles. The Balaban J connectivity index is 1.59. The van der Waals surface area contributed by atoms with Crippen LogP contribution >= 0.6 is 0 Å². The molecule has 0 aliphatic rings. The maximum atomic E-state index is 2.35. The third-order valence-electron chi connectivity index (χ3n) is 6.41. The van der Waals surface area contributed by atoms with Crippen molar-refractivity contribution in [2.24, 2.45) is 0 Å². The largest absolute Gasteiger partial charge is 0.0622 e. The molecule has 0 spiro atoms. The van der Waals surface area contributed by atoms with Crippen molar-refractivity contribution in [1.82, 2.24) is 0 Å². The van der Waals surface area contributed by atoms with Crippen LogP contribution < -0.4 is 0 Å². The van der Waals surface area contributed by atoms with Crippen LogP contribution in [0.1, 0.15) is 26.3 Å². The standard InChI is InChI=1S/C34H30/c1-34(2,3)33-23-31(26-14-8-5-9-15-26)22-32(24-33)30-19-11-18-29(21-30)28-17-10-16-27(20-28)25-12-6-4-7-13-25/h4-24H,1-3H3. The second kappa shape index (κ2) is 9.15. The topological polar surface area (TPSA) is 0 Å². The van der Waals surface area contributed by atoms with Crippen molar-refractivity contribution in [2.75, 3.05) is 0 Å². The van der Waals surface area contributed by atoms with E-state index in [4.69, 9.17) is 0 Å². The first-order valence-electron chi connectivity index (χ1n) is 11.9. The van der Waals surface area contributed by atoms with Crippen LogP contribution in [0.15, 0.2) is 127 Å². The van der Waals surface area contributed by atoms with Crippen molar-refractivity contribution in [3.8, 4) is 44.5 Å². The zero-order chi connectivity index (χ0) is 23.5. The van der Waals surface area contributed by atoms with E-state index in [2.05, 4.69) is 148 Å². The summed E-state index contributed by atoms with van der Waals surface area (Å²) in [5.41, 5.74) is 11.4. The fraction of sp³-hybridized carbons (Fsp3) is 0.118. The highest BCUT2D eigenvalue weighted by Crippen LogP contribution is 2.35. The first kappa shape index (κ1) is 21.9. The van der Waals surface area contributed by atoms with E-state index in [0.717, 1.165) is 0 Å². The van der Waals surface area contributed by atoms with Crippen LogP contribution in [0.2, 0.25) is 0 Å². The molecular weight excluding hydrogens is 408 g/mol. The van der Waals surface area contributed by atoms with Crippen molar-refractivity contribution in [3.63, 3.8) is 0 Å². The summed E-state index contributed by atoms with van der Waals surface area (Å²) in [6.07, 6.45) is 0. The maximum Gasteiger partial charge on any atom is -0.0131 e. The average Bonchev–Trinajstić information content (AvgIpc) is 2.89. The first-order chi connectivity index (χ1) is 16.5. The van der Waals surface area contributed by atoms with Crippen LogP contribution in [0.4, 0.5) is 0 Å². The monoisotopic (exact) mass is 438 g/mol. The van der Waals surface area contributed by atoms with Crippen LogP contribution in [0.25, 0.3) is 44.5 Å². The second-order valence-corrected chi connectivity index (χ2v) is 9.94. The highest BCUT2D eigenvalue weighted by molar-refractivity contribution is 5.79. The van der Waals surface area contributed by atoms with Crippen LogP contribution in [0, 0.1) is 0 Å². The Kier molecular flexibility index (Phi) is 5.90. The molecular formula is C34H30. The van der Waals surface area contributed by atoms with Crippen molar-refractivity contribution in [2.45, 2.75) is 26.2 Å². The van der Waals surface area contributed by atoms with E-state index in [9.17, 15) is 0 Å². The summed E-state index contributed by atoms with van der Waals surface area (Å²) < 4.78 is 0. The summed E-state index contributed by atoms with van der Waals surface area (Å²) in [7, 11) is 0. The van der Waals surface area contributed by atoms with Crippen molar-refractivity contribution in [3.05, 3.63) is 133 Å². The summed E-state index contributed by atoms with van der Waals surface area (Å²) in [6, 6.07) is 46.0. The molecule has 0 saturated carbocycles. The van der Waals surface area contributed by atoms with E-state index >= 15 is 0 Å². The maximum absolute atomic E-state index is 2.35. The van der Waals surface area contributed by atoms with Gasteiger partial charge in [0, 0.05) is 0 Å². The normalized spacial score (nSPS) is 11.4. The Labute approximate surface area is 203 Å². The van der Waals surface area contributed by atoms with Gasteiger partial charge in [0.1, 0.15) is 0 Å².